The molecule has 29 heavy (non-hydrogen) atoms. The molecule has 2 N–H and O–H groups in total. The SMILES string of the molecule is Cc1cc(NC(=O)C(C)Sc2nc(-c3ccccc3)c(-c3ccccc3)[nH]2)no1. The van der Waals surface area contributed by atoms with E-state index >= 15 is 0 Å². The number of hydrogen-bond acceptors (Lipinski definition) is 5. The molecule has 7 heteroatoms. The Labute approximate surface area is 172 Å². The molecule has 1 amide bonds. The number of rotatable bonds is 6. The van der Waals surface area contributed by atoms with E-state index in [1.165, 1.54) is 11.8 Å². The summed E-state index contributed by atoms with van der Waals surface area (Å²) in [6.07, 6.45) is 0. The van der Waals surface area contributed by atoms with Crippen LogP contribution in [0.25, 0.3) is 22.5 Å². The third kappa shape index (κ3) is 4.41. The largest absolute Gasteiger partial charge is 0.360 e. The summed E-state index contributed by atoms with van der Waals surface area (Å²) in [6.45, 7) is 3.61. The normalized spacial score (nSPS) is 11.9. The zero-order chi connectivity index (χ0) is 20.2. The van der Waals surface area contributed by atoms with Crippen molar-refractivity contribution in [1.29, 1.82) is 0 Å². The summed E-state index contributed by atoms with van der Waals surface area (Å²) < 4.78 is 4.99. The first kappa shape index (κ1) is 19.0. The van der Waals surface area contributed by atoms with Gasteiger partial charge in [-0.05, 0) is 13.8 Å². The number of anilines is 1. The van der Waals surface area contributed by atoms with Gasteiger partial charge in [0.05, 0.1) is 16.6 Å². The molecular weight excluding hydrogens is 384 g/mol. The van der Waals surface area contributed by atoms with E-state index in [4.69, 9.17) is 9.51 Å². The first-order valence-corrected chi connectivity index (χ1v) is 10.1. The van der Waals surface area contributed by atoms with Crippen LogP contribution in [-0.2, 0) is 4.79 Å². The first-order valence-electron chi connectivity index (χ1n) is 9.22. The van der Waals surface area contributed by atoms with Crippen LogP contribution in [0.15, 0.2) is 76.4 Å². The van der Waals surface area contributed by atoms with Crippen molar-refractivity contribution in [1.82, 2.24) is 15.1 Å². The van der Waals surface area contributed by atoms with Crippen molar-refractivity contribution < 1.29 is 9.32 Å². The number of nitrogens with zero attached hydrogens (tertiary/aromatic N) is 2. The fourth-order valence-electron chi connectivity index (χ4n) is 2.90. The minimum Gasteiger partial charge on any atom is -0.360 e. The van der Waals surface area contributed by atoms with Gasteiger partial charge < -0.3 is 14.8 Å². The molecular formula is C22H20N4O2S. The second-order valence-corrected chi connectivity index (χ2v) is 7.90. The van der Waals surface area contributed by atoms with Crippen molar-refractivity contribution >= 4 is 23.5 Å². The molecule has 0 aliphatic carbocycles. The minimum absolute atomic E-state index is 0.165. The molecule has 2 aromatic carbocycles. The Morgan fingerprint density at radius 2 is 1.72 bits per heavy atom. The molecule has 0 fully saturated rings. The standard InChI is InChI=1S/C22H20N4O2S/c1-14-13-18(26-28-14)23-21(27)15(2)29-22-24-19(16-9-5-3-6-10-16)20(25-22)17-11-7-4-8-12-17/h3-13,15H,1-2H3,(H,24,25)(H,23,26,27). The van der Waals surface area contributed by atoms with Crippen molar-refractivity contribution in [2.75, 3.05) is 5.32 Å². The number of carbonyl (C=O) groups is 1. The second-order valence-electron chi connectivity index (χ2n) is 6.57. The van der Waals surface area contributed by atoms with E-state index in [0.717, 1.165) is 22.5 Å². The van der Waals surface area contributed by atoms with E-state index < -0.39 is 0 Å². The molecule has 0 bridgehead atoms. The summed E-state index contributed by atoms with van der Waals surface area (Å²) in [7, 11) is 0. The van der Waals surface area contributed by atoms with E-state index in [-0.39, 0.29) is 11.2 Å². The molecule has 4 aromatic rings. The predicted octanol–water partition coefficient (Wildman–Crippen LogP) is 5.16. The average molecular weight is 404 g/mol. The van der Waals surface area contributed by atoms with Crippen molar-refractivity contribution in [3.63, 3.8) is 0 Å². The summed E-state index contributed by atoms with van der Waals surface area (Å²) in [6, 6.07) is 21.7. The average Bonchev–Trinajstić information content (AvgIpc) is 3.35. The molecule has 0 aliphatic rings. The van der Waals surface area contributed by atoms with Crippen LogP contribution in [0.3, 0.4) is 0 Å². The van der Waals surface area contributed by atoms with Crippen LogP contribution in [0.2, 0.25) is 0 Å². The van der Waals surface area contributed by atoms with Crippen LogP contribution in [0.5, 0.6) is 0 Å². The Balaban J connectivity index is 1.59. The van der Waals surface area contributed by atoms with Crippen molar-refractivity contribution in [2.45, 2.75) is 24.3 Å². The molecule has 0 saturated carbocycles. The lowest BCUT2D eigenvalue weighted by Gasteiger charge is -2.08. The van der Waals surface area contributed by atoms with Crippen molar-refractivity contribution in [3.8, 4) is 22.5 Å². The number of carbonyl (C=O) groups excluding carboxylic acids is 1. The zero-order valence-corrected chi connectivity index (χ0v) is 16.9. The molecule has 4 rings (SSSR count). The predicted molar refractivity (Wildman–Crippen MR) is 115 cm³/mol. The van der Waals surface area contributed by atoms with Crippen LogP contribution in [0.1, 0.15) is 12.7 Å². The maximum absolute atomic E-state index is 12.5. The number of aromatic amines is 1. The summed E-state index contributed by atoms with van der Waals surface area (Å²) in [5, 5.41) is 6.88. The number of aromatic nitrogens is 3. The Morgan fingerprint density at radius 3 is 2.34 bits per heavy atom. The van der Waals surface area contributed by atoms with Gasteiger partial charge >= 0.3 is 0 Å². The highest BCUT2D eigenvalue weighted by Gasteiger charge is 2.20. The molecule has 1 unspecified atom stereocenters. The summed E-state index contributed by atoms with van der Waals surface area (Å²) in [4.78, 5) is 20.7. The number of benzene rings is 2. The van der Waals surface area contributed by atoms with Crippen molar-refractivity contribution in [2.24, 2.45) is 0 Å². The van der Waals surface area contributed by atoms with Gasteiger partial charge in [0.1, 0.15) is 5.76 Å². The maximum Gasteiger partial charge on any atom is 0.238 e. The molecule has 1 atom stereocenters. The molecule has 6 nitrogen and oxygen atoms in total. The third-order valence-electron chi connectivity index (χ3n) is 4.33. The Bertz CT molecular complexity index is 1050. The van der Waals surface area contributed by atoms with Gasteiger partial charge in [0.25, 0.3) is 0 Å². The Morgan fingerprint density at radius 1 is 1.07 bits per heavy atom. The zero-order valence-electron chi connectivity index (χ0n) is 16.0. The highest BCUT2D eigenvalue weighted by molar-refractivity contribution is 8.00. The first-order chi connectivity index (χ1) is 14.1. The number of hydrogen-bond donors (Lipinski definition) is 2. The van der Waals surface area contributed by atoms with Crippen LogP contribution < -0.4 is 5.32 Å². The summed E-state index contributed by atoms with van der Waals surface area (Å²) in [5.41, 5.74) is 3.85. The number of amides is 1. The van der Waals surface area contributed by atoms with Gasteiger partial charge in [-0.25, -0.2) is 4.98 Å². The van der Waals surface area contributed by atoms with Crippen LogP contribution in [0, 0.1) is 6.92 Å². The van der Waals surface area contributed by atoms with E-state index in [1.54, 1.807) is 13.0 Å². The number of nitrogens with one attached hydrogen (secondary N) is 2. The monoisotopic (exact) mass is 404 g/mol. The molecule has 0 radical (unpaired) electrons. The van der Waals surface area contributed by atoms with Gasteiger partial charge in [-0.2, -0.15) is 0 Å². The highest BCUT2D eigenvalue weighted by Crippen LogP contribution is 2.33. The number of aryl methyl sites for hydroxylation is 1. The van der Waals surface area contributed by atoms with Gasteiger partial charge in [0, 0.05) is 17.2 Å². The molecule has 0 spiro atoms. The van der Waals surface area contributed by atoms with E-state index in [9.17, 15) is 4.79 Å². The van der Waals surface area contributed by atoms with Crippen molar-refractivity contribution in [3.05, 3.63) is 72.5 Å². The lowest BCUT2D eigenvalue weighted by molar-refractivity contribution is -0.115. The lowest BCUT2D eigenvalue weighted by atomic mass is 10.1. The summed E-state index contributed by atoms with van der Waals surface area (Å²) in [5.74, 6) is 0.892. The van der Waals surface area contributed by atoms with Crippen LogP contribution in [0.4, 0.5) is 5.82 Å². The van der Waals surface area contributed by atoms with E-state index in [0.29, 0.717) is 16.7 Å². The molecule has 0 aliphatic heterocycles. The van der Waals surface area contributed by atoms with E-state index in [2.05, 4.69) is 15.5 Å². The van der Waals surface area contributed by atoms with Gasteiger partial charge in [-0.3, -0.25) is 4.79 Å². The fraction of sp³-hybridized carbons (Fsp3) is 0.136. The van der Waals surface area contributed by atoms with Gasteiger partial charge in [0.15, 0.2) is 11.0 Å². The van der Waals surface area contributed by atoms with Gasteiger partial charge in [-0.15, -0.1) is 0 Å². The number of H-pyrrole nitrogens is 1. The molecule has 146 valence electrons. The second kappa shape index (κ2) is 8.36. The minimum atomic E-state index is -0.370. The molecule has 0 saturated heterocycles. The van der Waals surface area contributed by atoms with Crippen LogP contribution >= 0.6 is 11.8 Å². The van der Waals surface area contributed by atoms with Crippen LogP contribution in [-0.4, -0.2) is 26.3 Å². The Kier molecular flexibility index (Phi) is 5.48. The van der Waals surface area contributed by atoms with Gasteiger partial charge in [0.2, 0.25) is 5.91 Å². The maximum atomic E-state index is 12.5. The van der Waals surface area contributed by atoms with E-state index in [1.807, 2.05) is 67.6 Å². The quantitative estimate of drug-likeness (QED) is 0.434. The number of imidazole rings is 1. The highest BCUT2D eigenvalue weighted by atomic mass is 32.2. The molecule has 2 heterocycles. The lowest BCUT2D eigenvalue weighted by Crippen LogP contribution is -2.22. The number of thioether (sulfide) groups is 1. The third-order valence-corrected chi connectivity index (χ3v) is 5.31. The fourth-order valence-corrected chi connectivity index (χ4v) is 3.71. The van der Waals surface area contributed by atoms with Gasteiger partial charge in [-0.1, -0.05) is 77.6 Å². The summed E-state index contributed by atoms with van der Waals surface area (Å²) >= 11 is 1.36. The Hall–Kier alpha value is -3.32. The smallest absolute Gasteiger partial charge is 0.238 e. The topological polar surface area (TPSA) is 83.8 Å². The molecule has 2 aromatic heterocycles.